The molecule has 0 saturated carbocycles. The number of carbonyl (C=O) groups excluding carboxylic acids is 5. The minimum Gasteiger partial charge on any atom is -0.478 e. The Labute approximate surface area is 285 Å². The third kappa shape index (κ3) is 10.7. The van der Waals surface area contributed by atoms with Crippen molar-refractivity contribution in [2.24, 2.45) is 16.7 Å². The largest absolute Gasteiger partial charge is 0.478 e. The van der Waals surface area contributed by atoms with Crippen molar-refractivity contribution in [3.8, 4) is 0 Å². The van der Waals surface area contributed by atoms with Crippen LogP contribution in [-0.4, -0.2) is 78.4 Å². The maximum absolute atomic E-state index is 12.7. The first kappa shape index (κ1) is 38.4. The van der Waals surface area contributed by atoms with Crippen LogP contribution < -0.4 is 5.90 Å². The zero-order valence-electron chi connectivity index (χ0n) is 27.6. The van der Waals surface area contributed by atoms with Crippen molar-refractivity contribution in [3.63, 3.8) is 0 Å². The second kappa shape index (κ2) is 16.3. The van der Waals surface area contributed by atoms with Gasteiger partial charge in [0.15, 0.2) is 0 Å². The number of esters is 4. The quantitative estimate of drug-likeness (QED) is 0.115. The first-order valence-corrected chi connectivity index (χ1v) is 14.8. The Hall–Kier alpha value is -6.09. The van der Waals surface area contributed by atoms with E-state index in [4.69, 9.17) is 30.0 Å². The number of ether oxygens (including phenoxy) is 4. The molecule has 50 heavy (non-hydrogen) atoms. The highest BCUT2D eigenvalue weighted by atomic mass is 16.7. The molecule has 0 atom stereocenters. The van der Waals surface area contributed by atoms with Gasteiger partial charge >= 0.3 is 41.8 Å². The lowest BCUT2D eigenvalue weighted by Gasteiger charge is -2.24. The minimum atomic E-state index is -1.48. The summed E-state index contributed by atoms with van der Waals surface area (Å²) >= 11 is 0. The van der Waals surface area contributed by atoms with E-state index in [0.717, 1.165) is 18.2 Å². The molecule has 0 heterocycles. The van der Waals surface area contributed by atoms with Gasteiger partial charge in [-0.15, -0.1) is 0 Å². The number of rotatable bonds is 15. The van der Waals surface area contributed by atoms with Gasteiger partial charge < -0.3 is 34.0 Å². The molecule has 3 aromatic carbocycles. The number of carboxylic acids is 2. The van der Waals surface area contributed by atoms with E-state index in [0.29, 0.717) is 0 Å². The van der Waals surface area contributed by atoms with Crippen molar-refractivity contribution < 1.29 is 67.6 Å². The summed E-state index contributed by atoms with van der Waals surface area (Å²) in [5.74, 6) is -1.82. The van der Waals surface area contributed by atoms with E-state index in [2.05, 4.69) is 4.84 Å². The van der Waals surface area contributed by atoms with Crippen LogP contribution in [0.2, 0.25) is 0 Å². The predicted molar refractivity (Wildman–Crippen MR) is 172 cm³/mol. The van der Waals surface area contributed by atoms with E-state index in [1.807, 2.05) is 0 Å². The fourth-order valence-electron chi connectivity index (χ4n) is 4.04. The summed E-state index contributed by atoms with van der Waals surface area (Å²) in [6.07, 6.45) is 0. The standard InChI is InChI=1S/C35H35NO14/c1-34(2,16-46-29(41)21-7-5-20(6-8-21)27(37)38)17-47-30(42)22-9-11-23(12-10-22)31(43)48-18-35(3,4)19-49-33(45)25-14-13-24(32(44)50-36)15-26(25)28(39)40/h5-15H,16-19,36H2,1-4H3,(H,37,38)(H,39,40). The molecule has 0 radical (unpaired) electrons. The number of nitrogens with two attached hydrogens (primary N) is 1. The molecular formula is C35H35NO14. The van der Waals surface area contributed by atoms with Crippen LogP contribution in [0.4, 0.5) is 0 Å². The normalized spacial score (nSPS) is 11.1. The van der Waals surface area contributed by atoms with Gasteiger partial charge in [-0.05, 0) is 66.7 Å². The van der Waals surface area contributed by atoms with Crippen molar-refractivity contribution in [1.29, 1.82) is 0 Å². The van der Waals surface area contributed by atoms with Crippen molar-refractivity contribution in [2.75, 3.05) is 26.4 Å². The van der Waals surface area contributed by atoms with Gasteiger partial charge in [0, 0.05) is 10.8 Å². The number of hydrogen-bond donors (Lipinski definition) is 3. The fourth-order valence-corrected chi connectivity index (χ4v) is 4.04. The first-order valence-electron chi connectivity index (χ1n) is 14.8. The second-order valence-electron chi connectivity index (χ2n) is 12.6. The van der Waals surface area contributed by atoms with Gasteiger partial charge in [-0.1, -0.05) is 27.7 Å². The van der Waals surface area contributed by atoms with E-state index in [1.165, 1.54) is 48.5 Å². The molecule has 0 aliphatic carbocycles. The van der Waals surface area contributed by atoms with Crippen LogP contribution in [0.25, 0.3) is 0 Å². The van der Waals surface area contributed by atoms with Crippen molar-refractivity contribution in [2.45, 2.75) is 27.7 Å². The highest BCUT2D eigenvalue weighted by Crippen LogP contribution is 2.22. The van der Waals surface area contributed by atoms with Crippen molar-refractivity contribution in [1.82, 2.24) is 0 Å². The summed E-state index contributed by atoms with van der Waals surface area (Å²) in [6, 6.07) is 13.9. The van der Waals surface area contributed by atoms with Crippen molar-refractivity contribution in [3.05, 3.63) is 106 Å². The number of carboxylic acid groups (broad SMARTS) is 2. The van der Waals surface area contributed by atoms with Crippen LogP contribution in [0.1, 0.15) is 100 Å². The lowest BCUT2D eigenvalue weighted by atomic mass is 9.96. The monoisotopic (exact) mass is 693 g/mol. The molecule has 0 fully saturated rings. The maximum Gasteiger partial charge on any atom is 0.356 e. The Balaban J connectivity index is 1.48. The molecule has 15 heteroatoms. The maximum atomic E-state index is 12.7. The fraction of sp³-hybridized carbons (Fsp3) is 0.286. The smallest absolute Gasteiger partial charge is 0.356 e. The van der Waals surface area contributed by atoms with Gasteiger partial charge in [-0.3, -0.25) is 0 Å². The van der Waals surface area contributed by atoms with Gasteiger partial charge in [0.2, 0.25) is 0 Å². The Morgan fingerprint density at radius 2 is 0.820 bits per heavy atom. The molecule has 0 bridgehead atoms. The highest BCUT2D eigenvalue weighted by Gasteiger charge is 2.27. The molecule has 0 aliphatic heterocycles. The highest BCUT2D eigenvalue weighted by molar-refractivity contribution is 6.04. The molecular weight excluding hydrogens is 658 g/mol. The summed E-state index contributed by atoms with van der Waals surface area (Å²) in [7, 11) is 0. The molecule has 264 valence electrons. The van der Waals surface area contributed by atoms with Crippen molar-refractivity contribution >= 4 is 41.8 Å². The van der Waals surface area contributed by atoms with Crippen LogP contribution >= 0.6 is 0 Å². The summed E-state index contributed by atoms with van der Waals surface area (Å²) in [4.78, 5) is 88.6. The molecule has 4 N–H and O–H groups in total. The van der Waals surface area contributed by atoms with Crippen LogP contribution in [0, 0.1) is 10.8 Å². The van der Waals surface area contributed by atoms with Crippen LogP contribution in [0.3, 0.4) is 0 Å². The minimum absolute atomic E-state index is 0.0273. The molecule has 3 rings (SSSR count). The average molecular weight is 694 g/mol. The molecule has 0 aliphatic rings. The molecule has 0 spiro atoms. The van der Waals surface area contributed by atoms with Crippen LogP contribution in [-0.2, 0) is 23.8 Å². The first-order chi connectivity index (χ1) is 23.4. The third-order valence-corrected chi connectivity index (χ3v) is 6.91. The van der Waals surface area contributed by atoms with E-state index < -0.39 is 58.2 Å². The molecule has 0 amide bonds. The SMILES string of the molecule is CC(C)(COC(=O)c1ccc(C(=O)O)cc1)COC(=O)c1ccc(C(=O)OCC(C)(C)COC(=O)c2ccc(C(=O)ON)cc2C(=O)O)cc1. The van der Waals surface area contributed by atoms with Gasteiger partial charge in [-0.2, -0.15) is 5.90 Å². The van der Waals surface area contributed by atoms with E-state index in [9.17, 15) is 38.7 Å². The Kier molecular flexibility index (Phi) is 12.5. The molecule has 15 nitrogen and oxygen atoms in total. The summed E-state index contributed by atoms with van der Waals surface area (Å²) in [5.41, 5.74) is -2.18. The van der Waals surface area contributed by atoms with E-state index in [1.54, 1.807) is 27.7 Å². The van der Waals surface area contributed by atoms with E-state index >= 15 is 0 Å². The zero-order valence-corrected chi connectivity index (χ0v) is 27.6. The van der Waals surface area contributed by atoms with Gasteiger partial charge in [0.05, 0.1) is 65.4 Å². The van der Waals surface area contributed by atoms with E-state index in [-0.39, 0.29) is 59.8 Å². The van der Waals surface area contributed by atoms with Gasteiger partial charge in [-0.25, -0.2) is 33.6 Å². The Bertz CT molecular complexity index is 1780. The summed E-state index contributed by atoms with van der Waals surface area (Å²) < 4.78 is 21.3. The number of benzene rings is 3. The lowest BCUT2D eigenvalue weighted by molar-refractivity contribution is 0.00479. The molecule has 3 aromatic rings. The molecule has 0 aromatic heterocycles. The lowest BCUT2D eigenvalue weighted by Crippen LogP contribution is -2.29. The second-order valence-corrected chi connectivity index (χ2v) is 12.6. The van der Waals surface area contributed by atoms with Gasteiger partial charge in [0.25, 0.3) is 0 Å². The Morgan fingerprint density at radius 1 is 0.480 bits per heavy atom. The average Bonchev–Trinajstić information content (AvgIpc) is 3.10. The zero-order chi connectivity index (χ0) is 37.2. The predicted octanol–water partition coefficient (Wildman–Crippen LogP) is 4.19. The summed E-state index contributed by atoms with van der Waals surface area (Å²) in [5, 5.41) is 18.4. The topological polar surface area (TPSA) is 232 Å². The molecule has 0 unspecified atom stereocenters. The number of hydrogen-bond acceptors (Lipinski definition) is 13. The van der Waals surface area contributed by atoms with Crippen LogP contribution in [0.5, 0.6) is 0 Å². The number of carbonyl (C=O) groups is 7. The molecule has 0 saturated heterocycles. The number of aromatic carboxylic acids is 2. The summed E-state index contributed by atoms with van der Waals surface area (Å²) in [6.45, 7) is 6.08. The van der Waals surface area contributed by atoms with Gasteiger partial charge in [0.1, 0.15) is 0 Å². The third-order valence-electron chi connectivity index (χ3n) is 6.91. The Morgan fingerprint density at radius 3 is 1.16 bits per heavy atom. The van der Waals surface area contributed by atoms with Crippen LogP contribution in [0.15, 0.2) is 66.7 Å².